The lowest BCUT2D eigenvalue weighted by atomic mass is 10.0. The van der Waals surface area contributed by atoms with Crippen LogP contribution in [0.5, 0.6) is 0 Å². The van der Waals surface area contributed by atoms with Gasteiger partial charge in [0.1, 0.15) is 12.1 Å². The van der Waals surface area contributed by atoms with Gasteiger partial charge < -0.3 is 5.32 Å². The molecule has 1 aliphatic carbocycles. The smallest absolute Gasteiger partial charge is 0.129 e. The van der Waals surface area contributed by atoms with E-state index >= 15 is 0 Å². The maximum Gasteiger partial charge on any atom is 0.129 e. The molecule has 0 bridgehead atoms. The van der Waals surface area contributed by atoms with E-state index in [1.165, 1.54) is 25.7 Å². The van der Waals surface area contributed by atoms with Crippen LogP contribution in [0, 0.1) is 5.41 Å². The van der Waals surface area contributed by atoms with Crippen molar-refractivity contribution in [1.29, 1.82) is 0 Å². The molecule has 0 radical (unpaired) electrons. The van der Waals surface area contributed by atoms with Gasteiger partial charge in [0.25, 0.3) is 0 Å². The molecule has 0 spiro atoms. The second kappa shape index (κ2) is 5.48. The molecule has 1 saturated carbocycles. The van der Waals surface area contributed by atoms with Gasteiger partial charge in [0.2, 0.25) is 0 Å². The normalized spacial score (nSPS) is 16.8. The van der Waals surface area contributed by atoms with Crippen LogP contribution < -0.4 is 5.32 Å². The van der Waals surface area contributed by atoms with Gasteiger partial charge in [-0.2, -0.15) is 0 Å². The summed E-state index contributed by atoms with van der Waals surface area (Å²) in [6.45, 7) is 5.52. The van der Waals surface area contributed by atoms with Gasteiger partial charge in [-0.1, -0.05) is 26.7 Å². The minimum Gasteiger partial charge on any atom is -0.369 e. The van der Waals surface area contributed by atoms with E-state index in [-0.39, 0.29) is 0 Å². The average molecular weight is 233 g/mol. The highest BCUT2D eigenvalue weighted by atomic mass is 15.0. The van der Waals surface area contributed by atoms with E-state index in [0.29, 0.717) is 5.41 Å². The number of hydrogen-bond donors (Lipinski definition) is 1. The predicted molar refractivity (Wildman–Crippen MR) is 71.1 cm³/mol. The number of anilines is 1. The van der Waals surface area contributed by atoms with E-state index in [2.05, 4.69) is 35.2 Å². The molecule has 0 aromatic carbocycles. The molecule has 94 valence electrons. The lowest BCUT2D eigenvalue weighted by Crippen LogP contribution is -2.16. The van der Waals surface area contributed by atoms with Crippen molar-refractivity contribution in [2.45, 2.75) is 52.4 Å². The highest BCUT2D eigenvalue weighted by Crippen LogP contribution is 2.49. The predicted octanol–water partition coefficient (Wildman–Crippen LogP) is 3.42. The molecule has 0 aliphatic heterocycles. The summed E-state index contributed by atoms with van der Waals surface area (Å²) in [6, 6.07) is 2.09. The van der Waals surface area contributed by atoms with Gasteiger partial charge >= 0.3 is 0 Å². The number of nitrogens with one attached hydrogen (secondary N) is 1. The molecule has 0 amide bonds. The lowest BCUT2D eigenvalue weighted by molar-refractivity contribution is 0.485. The largest absolute Gasteiger partial charge is 0.369 e. The minimum absolute atomic E-state index is 0.574. The van der Waals surface area contributed by atoms with E-state index in [1.807, 2.05) is 0 Å². The zero-order chi connectivity index (χ0) is 12.1. The third-order valence-corrected chi connectivity index (χ3v) is 3.61. The Balaban J connectivity index is 1.88. The Kier molecular flexibility index (Phi) is 3.97. The number of rotatable bonds is 7. The van der Waals surface area contributed by atoms with Gasteiger partial charge in [-0.3, -0.25) is 0 Å². The Morgan fingerprint density at radius 3 is 2.71 bits per heavy atom. The van der Waals surface area contributed by atoms with Crippen LogP contribution in [0.25, 0.3) is 0 Å². The van der Waals surface area contributed by atoms with Crippen LogP contribution in [0.1, 0.15) is 51.6 Å². The van der Waals surface area contributed by atoms with E-state index in [9.17, 15) is 0 Å². The Labute approximate surface area is 104 Å². The molecule has 0 saturated heterocycles. The number of aromatic nitrogens is 2. The minimum atomic E-state index is 0.574. The molecule has 3 nitrogen and oxygen atoms in total. The van der Waals surface area contributed by atoms with Crippen LogP contribution in [-0.4, -0.2) is 16.5 Å². The van der Waals surface area contributed by atoms with E-state index in [1.54, 1.807) is 6.33 Å². The van der Waals surface area contributed by atoms with Crippen molar-refractivity contribution < 1.29 is 0 Å². The first-order valence-electron chi connectivity index (χ1n) is 6.83. The zero-order valence-electron chi connectivity index (χ0n) is 11.0. The van der Waals surface area contributed by atoms with E-state index in [0.717, 1.165) is 30.9 Å². The highest BCUT2D eigenvalue weighted by molar-refractivity contribution is 5.35. The molecule has 1 aliphatic rings. The maximum absolute atomic E-state index is 4.29. The van der Waals surface area contributed by atoms with Gasteiger partial charge in [-0.05, 0) is 31.1 Å². The van der Waals surface area contributed by atoms with Crippen molar-refractivity contribution in [3.8, 4) is 0 Å². The van der Waals surface area contributed by atoms with Crippen molar-refractivity contribution in [3.63, 3.8) is 0 Å². The number of nitrogens with zero attached hydrogens (tertiary/aromatic N) is 2. The second-order valence-electron chi connectivity index (χ2n) is 5.25. The average Bonchev–Trinajstić information content (AvgIpc) is 3.09. The van der Waals surface area contributed by atoms with Crippen molar-refractivity contribution in [2.24, 2.45) is 5.41 Å². The van der Waals surface area contributed by atoms with Crippen LogP contribution in [-0.2, 0) is 6.42 Å². The first-order valence-corrected chi connectivity index (χ1v) is 6.83. The van der Waals surface area contributed by atoms with Crippen molar-refractivity contribution in [1.82, 2.24) is 9.97 Å². The van der Waals surface area contributed by atoms with Crippen molar-refractivity contribution >= 4 is 5.82 Å². The topological polar surface area (TPSA) is 37.8 Å². The molecule has 1 N–H and O–H groups in total. The molecule has 1 heterocycles. The summed E-state index contributed by atoms with van der Waals surface area (Å²) in [6.07, 6.45) is 9.22. The Hall–Kier alpha value is -1.12. The monoisotopic (exact) mass is 233 g/mol. The van der Waals surface area contributed by atoms with Gasteiger partial charge in [0.15, 0.2) is 0 Å². The van der Waals surface area contributed by atoms with E-state index < -0.39 is 0 Å². The summed E-state index contributed by atoms with van der Waals surface area (Å²) < 4.78 is 0. The first kappa shape index (κ1) is 12.3. The highest BCUT2D eigenvalue weighted by Gasteiger charge is 2.41. The molecule has 2 rings (SSSR count). The van der Waals surface area contributed by atoms with Crippen LogP contribution in [0.3, 0.4) is 0 Å². The number of aryl methyl sites for hydroxylation is 1. The summed E-state index contributed by atoms with van der Waals surface area (Å²) in [5.41, 5.74) is 1.72. The van der Waals surface area contributed by atoms with Crippen LogP contribution >= 0.6 is 0 Å². The second-order valence-corrected chi connectivity index (χ2v) is 5.25. The van der Waals surface area contributed by atoms with Crippen LogP contribution in [0.4, 0.5) is 5.82 Å². The molecule has 3 heteroatoms. The van der Waals surface area contributed by atoms with Crippen LogP contribution in [0.2, 0.25) is 0 Å². The van der Waals surface area contributed by atoms with Gasteiger partial charge in [0.05, 0.1) is 0 Å². The zero-order valence-corrected chi connectivity index (χ0v) is 11.0. The van der Waals surface area contributed by atoms with Gasteiger partial charge in [-0.15, -0.1) is 0 Å². The van der Waals surface area contributed by atoms with Gasteiger partial charge in [0, 0.05) is 18.3 Å². The van der Waals surface area contributed by atoms with Crippen molar-refractivity contribution in [2.75, 3.05) is 11.9 Å². The van der Waals surface area contributed by atoms with Crippen molar-refractivity contribution in [3.05, 3.63) is 18.1 Å². The molecule has 1 fully saturated rings. The third-order valence-electron chi connectivity index (χ3n) is 3.61. The molecular weight excluding hydrogens is 210 g/mol. The standard InChI is InChI=1S/C14H23N3/c1-3-5-12-9-13(17-11-16-12)15-10-14(6-4-2)7-8-14/h9,11H,3-8,10H2,1-2H3,(H,15,16,17). The fraction of sp³-hybridized carbons (Fsp3) is 0.714. The van der Waals surface area contributed by atoms with Crippen LogP contribution in [0.15, 0.2) is 12.4 Å². The summed E-state index contributed by atoms with van der Waals surface area (Å²) in [5.74, 6) is 0.992. The number of hydrogen-bond acceptors (Lipinski definition) is 3. The molecular formula is C14H23N3. The quantitative estimate of drug-likeness (QED) is 0.784. The first-order chi connectivity index (χ1) is 8.28. The Morgan fingerprint density at radius 2 is 2.06 bits per heavy atom. The Bertz CT molecular complexity index is 358. The summed E-state index contributed by atoms with van der Waals surface area (Å²) in [7, 11) is 0. The van der Waals surface area contributed by atoms with E-state index in [4.69, 9.17) is 0 Å². The SMILES string of the molecule is CCCc1cc(NCC2(CCC)CC2)ncn1. The maximum atomic E-state index is 4.29. The molecule has 0 unspecified atom stereocenters. The summed E-state index contributed by atoms with van der Waals surface area (Å²) in [4.78, 5) is 8.56. The fourth-order valence-electron chi connectivity index (χ4n) is 2.39. The van der Waals surface area contributed by atoms with Gasteiger partial charge in [-0.25, -0.2) is 9.97 Å². The molecule has 1 aromatic heterocycles. The molecule has 17 heavy (non-hydrogen) atoms. The lowest BCUT2D eigenvalue weighted by Gasteiger charge is -2.15. The third kappa shape index (κ3) is 3.42. The summed E-state index contributed by atoms with van der Waals surface area (Å²) >= 11 is 0. The summed E-state index contributed by atoms with van der Waals surface area (Å²) in [5, 5.41) is 3.48. The Morgan fingerprint density at radius 1 is 1.24 bits per heavy atom. The fourth-order valence-corrected chi connectivity index (χ4v) is 2.39. The molecule has 1 aromatic rings. The molecule has 0 atom stereocenters.